The Labute approximate surface area is 704 Å². The summed E-state index contributed by atoms with van der Waals surface area (Å²) in [4.78, 5) is 249. The average Bonchev–Trinajstić information content (AvgIpc) is 0.813. The number of carboxylic acid groups (broad SMARTS) is 2. The molecule has 120 heavy (non-hydrogen) atoms. The van der Waals surface area contributed by atoms with Crippen LogP contribution in [0, 0.1) is 0 Å². The number of aliphatic carboxylic acids is 2. The van der Waals surface area contributed by atoms with Gasteiger partial charge in [0.1, 0.15) is 36.3 Å². The van der Waals surface area contributed by atoms with Crippen LogP contribution < -0.4 is 181 Å². The molecule has 0 saturated heterocycles. The van der Waals surface area contributed by atoms with Crippen molar-refractivity contribution in [1.82, 2.24) is 104 Å². The molecule has 38 N–H and O–H groups in total. The maximum Gasteiger partial charge on any atom is 0.326 e. The lowest BCUT2D eigenvalue weighted by molar-refractivity contribution is -0.369. The zero-order valence-electron chi connectivity index (χ0n) is 64.0. The highest BCUT2D eigenvalue weighted by Crippen LogP contribution is 2.15. The molecule has 4 aromatic heterocycles. The summed E-state index contributed by atoms with van der Waals surface area (Å²) in [6.07, 6.45) is 2.02. The van der Waals surface area contributed by atoms with Crippen molar-refractivity contribution >= 4 is 140 Å². The van der Waals surface area contributed by atoms with Crippen molar-refractivity contribution in [3.05, 3.63) is 104 Å². The van der Waals surface area contributed by atoms with Crippen molar-refractivity contribution in [2.75, 3.05) is 87.5 Å². The Morgan fingerprint density at radius 2 is 0.708 bits per heavy atom. The third-order valence-corrected chi connectivity index (χ3v) is 16.0. The number of nitrogen functional groups attached to an aromatic ring is 2. The summed E-state index contributed by atoms with van der Waals surface area (Å²) in [7, 11) is 0. The second-order valence-corrected chi connectivity index (χ2v) is 25.0. The first-order valence-electron chi connectivity index (χ1n) is 35.5. The number of carbonyl (C=O) groups excluding carboxylic acids is 14. The number of carboxylic acids is 2. The molecule has 0 spiro atoms. The lowest BCUT2D eigenvalue weighted by Crippen LogP contribution is -3.00. The monoisotopic (exact) mass is 1770 g/mol. The number of fused-ring (bicyclic) bond motifs is 2. The highest BCUT2D eigenvalue weighted by molar-refractivity contribution is 6.00. The summed E-state index contributed by atoms with van der Waals surface area (Å²) in [5, 5.41) is 53.1. The minimum Gasteiger partial charge on any atom is -1.00 e. The predicted octanol–water partition coefficient (Wildman–Crippen LogP) is -26.1. The number of nitrogens with one attached hydrogen (secondary N) is 16. The second kappa shape index (κ2) is 53.8. The molecule has 0 fully saturated rings. The predicted molar refractivity (Wildman–Crippen MR) is 402 cm³/mol. The molecule has 0 aliphatic carbocycles. The molecule has 54 heteroatoms. The van der Waals surface area contributed by atoms with Gasteiger partial charge in [-0.2, -0.15) is 9.97 Å². The highest BCUT2D eigenvalue weighted by atomic mass is 35.5. The van der Waals surface area contributed by atoms with Crippen molar-refractivity contribution in [3.8, 4) is 0 Å². The van der Waals surface area contributed by atoms with E-state index in [4.69, 9.17) is 28.0 Å². The van der Waals surface area contributed by atoms with Gasteiger partial charge in [0, 0.05) is 61.0 Å². The number of aromatic nitrogens is 8. The van der Waals surface area contributed by atoms with Gasteiger partial charge in [-0.25, -0.2) is 24.7 Å². The lowest BCUT2D eigenvalue weighted by atomic mass is 10.1. The number of carbonyl (C=O) groups is 16. The van der Waals surface area contributed by atoms with Crippen LogP contribution in [0.3, 0.4) is 0 Å². The molecule has 0 bridgehead atoms. The van der Waals surface area contributed by atoms with Gasteiger partial charge in [0.05, 0.1) is 102 Å². The Morgan fingerprint density at radius 3 is 1.06 bits per heavy atom. The van der Waals surface area contributed by atoms with E-state index in [0.717, 1.165) is 0 Å². The minimum atomic E-state index is -1.45. The Morgan fingerprint density at radius 1 is 0.383 bits per heavy atom. The fraction of sp³-hybridized carbons (Fsp3) is 0.394. The fourth-order valence-electron chi connectivity index (χ4n) is 10.0. The van der Waals surface area contributed by atoms with Crippen LogP contribution in [0.1, 0.15) is 83.5 Å². The number of rotatable bonds is 46. The quantitative estimate of drug-likeness (QED) is 0.0169. The SMILES string of the molecule is NC(=O)[C@H](CC[NH3+])NC(=O)[C@H](CC[NH3+])NC(=O)CNC(=O)CNC(=O)CNC(=O)CC[C@H](NC(=O)c1ccc(NCc2cnc3nc(N)[nH]c(=O)c3n2)cc1)C(=O)O.NC(=O)[C@H](CC[NH3+])NC(=O)[C@H](CC[NH3+])NC(=O)CNC(=O)CNC(=O)CNC(=O)[C@H](CCC(=O)O)NC(=O)c1ccc(NCc2cnc3nc(N)[nH]c(=O)c3n2)cc1.[Cl-].[Cl-].[Cl-].[Cl-]. The summed E-state index contributed by atoms with van der Waals surface area (Å²) >= 11 is 0. The van der Waals surface area contributed by atoms with E-state index in [1.165, 1.54) is 36.7 Å². The van der Waals surface area contributed by atoms with Crippen molar-refractivity contribution in [1.29, 1.82) is 0 Å². The summed E-state index contributed by atoms with van der Waals surface area (Å²) in [6.45, 7) is -1.95. The van der Waals surface area contributed by atoms with Gasteiger partial charge in [0.15, 0.2) is 22.3 Å². The number of halogens is 4. The van der Waals surface area contributed by atoms with Crippen LogP contribution >= 0.6 is 0 Å². The maximum absolute atomic E-state index is 13.0. The number of aromatic amines is 2. The Kier molecular flexibility index (Phi) is 46.9. The van der Waals surface area contributed by atoms with Crippen LogP contribution in [-0.4, -0.2) is 246 Å². The molecular weight excluding hydrogens is 1670 g/mol. The molecular formula is C66H94Cl4N30O20. The van der Waals surface area contributed by atoms with Gasteiger partial charge in [0.25, 0.3) is 22.9 Å². The van der Waals surface area contributed by atoms with Crippen LogP contribution in [0.15, 0.2) is 70.5 Å². The van der Waals surface area contributed by atoms with E-state index in [-0.39, 0.29) is 166 Å². The zero-order chi connectivity index (χ0) is 85.6. The number of hydrogen-bond donors (Lipinski definition) is 26. The van der Waals surface area contributed by atoms with Crippen LogP contribution in [0.2, 0.25) is 0 Å². The second-order valence-electron chi connectivity index (χ2n) is 25.0. The Hall–Kier alpha value is -13.4. The van der Waals surface area contributed by atoms with Crippen molar-refractivity contribution in [3.63, 3.8) is 0 Å². The molecule has 656 valence electrons. The number of primary amides is 2. The third-order valence-electron chi connectivity index (χ3n) is 16.0. The topological polar surface area (TPSA) is 840 Å². The molecule has 0 aliphatic rings. The molecule has 4 heterocycles. The number of quaternary nitrogens is 4. The number of anilines is 4. The number of nitrogens with two attached hydrogens (primary N) is 4. The van der Waals surface area contributed by atoms with Gasteiger partial charge in [-0.3, -0.25) is 91.5 Å². The van der Waals surface area contributed by atoms with Gasteiger partial charge in [0.2, 0.25) is 82.8 Å². The number of benzene rings is 2. The smallest absolute Gasteiger partial charge is 0.326 e. The van der Waals surface area contributed by atoms with Gasteiger partial charge >= 0.3 is 11.9 Å². The highest BCUT2D eigenvalue weighted by Gasteiger charge is 2.30. The van der Waals surface area contributed by atoms with Crippen LogP contribution in [0.5, 0.6) is 0 Å². The molecule has 0 saturated carbocycles. The van der Waals surface area contributed by atoms with Gasteiger partial charge < -0.3 is 180 Å². The van der Waals surface area contributed by atoms with E-state index in [0.29, 0.717) is 35.9 Å². The first-order chi connectivity index (χ1) is 55.2. The average molecular weight is 1770 g/mol. The maximum atomic E-state index is 13.0. The van der Waals surface area contributed by atoms with Crippen LogP contribution in [0.4, 0.5) is 23.3 Å². The number of nitrogens with zero attached hydrogens (tertiary/aromatic N) is 6. The number of hydrogen-bond acceptors (Lipinski definition) is 28. The summed E-state index contributed by atoms with van der Waals surface area (Å²) < 4.78 is 0. The van der Waals surface area contributed by atoms with Gasteiger partial charge in [-0.15, -0.1) is 0 Å². The Bertz CT molecular complexity index is 4690. The normalized spacial score (nSPS) is 11.8. The third kappa shape index (κ3) is 36.8. The number of amides is 14. The van der Waals surface area contributed by atoms with E-state index < -0.39 is 188 Å². The molecule has 6 atom stereocenters. The standard InChI is InChI=1S/2C33H45N15O10.4ClH/c34-9-7-19(27(36)53)45-30(55)20(8-10-35)44-25(52)15-41-24(51)14-40-23(50)13-39-22(49)6-5-21(32(57)58)46-29(54)16-1-3-17(4-2-16)38-11-18-12-42-28-26(43-18)31(56)48-33(37)47-28;34-9-7-19(27(36)54)45-31(57)21(8-10-35)44-24(51)15-40-22(49)13-39-23(50)14-42-30(56)20(5-6-25(52)53)46-29(55)16-1-3-17(4-2-16)38-11-18-12-41-28-26(43-18)32(58)48-33(37)47-28;;;;/h1-4,12,19-21,38H,5-11,13-15,34-35H2,(H2,36,53)(H,39,49)(H,40,50)(H,41,51)(H,44,52)(H,45,55)(H,46,54)(H,57,58)(H3,37,42,47,48,56);1-4,12,19-21,38H,5-11,13-15,34-35H2,(H2,36,54)(H,39,50)(H,40,49)(H,42,56)(H,44,51)(H,45,57)(H,46,55)(H,52,53)(H3,37,41,47,48,58);4*1H/t2*19-,20-,21-;;;;/m00..../s1. The molecule has 2 aromatic carbocycles. The largest absolute Gasteiger partial charge is 1.00 e. The van der Waals surface area contributed by atoms with Gasteiger partial charge in [-0.05, 0) is 61.4 Å². The zero-order valence-corrected chi connectivity index (χ0v) is 67.0. The van der Waals surface area contributed by atoms with E-state index in [9.17, 15) is 91.4 Å². The molecule has 50 nitrogen and oxygen atoms in total. The van der Waals surface area contributed by atoms with Crippen molar-refractivity contribution in [2.24, 2.45) is 11.5 Å². The Balaban J connectivity index is 0.00000116. The van der Waals surface area contributed by atoms with E-state index in [2.05, 4.69) is 137 Å². The molecule has 6 aromatic rings. The van der Waals surface area contributed by atoms with Crippen molar-refractivity contribution < 1.29 is 159 Å². The molecule has 0 radical (unpaired) electrons. The van der Waals surface area contributed by atoms with Crippen LogP contribution in [0.25, 0.3) is 22.3 Å². The minimum absolute atomic E-state index is 0. The number of H-pyrrole nitrogens is 2. The molecule has 6 rings (SSSR count). The van der Waals surface area contributed by atoms with Crippen LogP contribution in [-0.2, 0) is 80.2 Å². The van der Waals surface area contributed by atoms with Crippen molar-refractivity contribution in [2.45, 2.75) is 101 Å². The van der Waals surface area contributed by atoms with E-state index in [1.807, 2.05) is 0 Å². The fourth-order valence-corrected chi connectivity index (χ4v) is 10.0. The van der Waals surface area contributed by atoms with E-state index >= 15 is 0 Å². The summed E-state index contributed by atoms with van der Waals surface area (Å²) in [5.74, 6) is -13.3. The molecule has 0 aliphatic heterocycles. The molecule has 14 amide bonds. The first kappa shape index (κ1) is 105. The summed E-state index contributed by atoms with van der Waals surface area (Å²) in [6, 6.07) is 5.16. The lowest BCUT2D eigenvalue weighted by Gasteiger charge is -2.20. The van der Waals surface area contributed by atoms with E-state index in [1.54, 1.807) is 24.3 Å². The molecule has 0 unspecified atom stereocenters. The summed E-state index contributed by atoms with van der Waals surface area (Å²) in [5.41, 5.74) is 37.5. The first-order valence-corrected chi connectivity index (χ1v) is 35.5. The van der Waals surface area contributed by atoms with Gasteiger partial charge in [-0.1, -0.05) is 0 Å².